The zero-order chi connectivity index (χ0) is 20.9. The van der Waals surface area contributed by atoms with Gasteiger partial charge < -0.3 is 9.84 Å². The Bertz CT molecular complexity index is 994. The lowest BCUT2D eigenvalue weighted by molar-refractivity contribution is -0.126. The molecule has 0 spiro atoms. The molecule has 7 heteroatoms. The van der Waals surface area contributed by atoms with Crippen LogP contribution in [0.4, 0.5) is 4.39 Å². The second-order valence-electron chi connectivity index (χ2n) is 7.78. The Morgan fingerprint density at radius 1 is 1.20 bits per heavy atom. The number of aromatic nitrogens is 2. The molecule has 2 heterocycles. The summed E-state index contributed by atoms with van der Waals surface area (Å²) in [5.74, 6) is 0.963. The summed E-state index contributed by atoms with van der Waals surface area (Å²) in [6.45, 7) is 4.64. The van der Waals surface area contributed by atoms with Gasteiger partial charge in [-0.2, -0.15) is 4.98 Å². The van der Waals surface area contributed by atoms with Crippen molar-refractivity contribution in [1.29, 1.82) is 0 Å². The number of rotatable bonds is 6. The molecule has 6 nitrogen and oxygen atoms in total. The van der Waals surface area contributed by atoms with Crippen molar-refractivity contribution in [2.45, 2.75) is 32.9 Å². The van der Waals surface area contributed by atoms with Crippen molar-refractivity contribution >= 4 is 5.91 Å². The molecule has 1 fully saturated rings. The second kappa shape index (κ2) is 9.17. The number of nitrogens with zero attached hydrogens (tertiary/aromatic N) is 3. The van der Waals surface area contributed by atoms with Gasteiger partial charge in [0.05, 0.1) is 6.54 Å². The fourth-order valence-corrected chi connectivity index (χ4v) is 3.70. The summed E-state index contributed by atoms with van der Waals surface area (Å²) in [6.07, 6.45) is 1.57. The van der Waals surface area contributed by atoms with E-state index in [2.05, 4.69) is 20.4 Å². The summed E-state index contributed by atoms with van der Waals surface area (Å²) in [4.78, 5) is 19.2. The first-order valence-electron chi connectivity index (χ1n) is 10.2. The molecule has 1 N–H and O–H groups in total. The van der Waals surface area contributed by atoms with E-state index in [0.29, 0.717) is 24.8 Å². The van der Waals surface area contributed by atoms with E-state index in [-0.39, 0.29) is 17.6 Å². The van der Waals surface area contributed by atoms with Gasteiger partial charge in [0.1, 0.15) is 5.82 Å². The zero-order valence-electron chi connectivity index (χ0n) is 17.0. The van der Waals surface area contributed by atoms with E-state index < -0.39 is 0 Å². The molecule has 3 aromatic rings. The van der Waals surface area contributed by atoms with Crippen LogP contribution in [0.2, 0.25) is 0 Å². The lowest BCUT2D eigenvalue weighted by Crippen LogP contribution is -2.40. The van der Waals surface area contributed by atoms with Crippen LogP contribution in [0.1, 0.15) is 29.9 Å². The van der Waals surface area contributed by atoms with Gasteiger partial charge in [-0.25, -0.2) is 4.39 Å². The largest absolute Gasteiger partial charge is 0.352 e. The second-order valence-corrected chi connectivity index (χ2v) is 7.78. The van der Waals surface area contributed by atoms with Crippen LogP contribution in [0.3, 0.4) is 0 Å². The highest BCUT2D eigenvalue weighted by Gasteiger charge is 2.25. The minimum atomic E-state index is -0.273. The topological polar surface area (TPSA) is 71.3 Å². The number of aryl methyl sites for hydroxylation is 1. The summed E-state index contributed by atoms with van der Waals surface area (Å²) in [5, 5.41) is 7.05. The van der Waals surface area contributed by atoms with Gasteiger partial charge in [0.2, 0.25) is 17.6 Å². The number of nitrogens with one attached hydrogen (secondary N) is 1. The maximum atomic E-state index is 13.0. The Kier molecular flexibility index (Phi) is 6.18. The predicted octanol–water partition coefficient (Wildman–Crippen LogP) is 3.71. The average Bonchev–Trinajstić information content (AvgIpc) is 3.22. The molecule has 0 saturated carbocycles. The van der Waals surface area contributed by atoms with E-state index in [0.717, 1.165) is 42.6 Å². The van der Waals surface area contributed by atoms with Crippen LogP contribution in [0.15, 0.2) is 53.1 Å². The minimum Gasteiger partial charge on any atom is -0.352 e. The molecule has 1 aliphatic rings. The third-order valence-electron chi connectivity index (χ3n) is 5.44. The Balaban J connectivity index is 1.24. The summed E-state index contributed by atoms with van der Waals surface area (Å²) in [7, 11) is 0. The van der Waals surface area contributed by atoms with Crippen LogP contribution in [0.25, 0.3) is 11.4 Å². The molecule has 1 aliphatic heterocycles. The van der Waals surface area contributed by atoms with E-state index in [1.165, 1.54) is 12.1 Å². The van der Waals surface area contributed by atoms with Crippen LogP contribution < -0.4 is 5.32 Å². The molecular formula is C23H25FN4O2. The Labute approximate surface area is 175 Å². The molecule has 4 rings (SSSR count). The summed E-state index contributed by atoms with van der Waals surface area (Å²) < 4.78 is 18.4. The van der Waals surface area contributed by atoms with Crippen molar-refractivity contribution in [3.05, 3.63) is 71.4 Å². The normalized spacial score (nSPS) is 15.3. The monoisotopic (exact) mass is 408 g/mol. The highest BCUT2D eigenvalue weighted by Crippen LogP contribution is 2.21. The molecule has 0 unspecified atom stereocenters. The van der Waals surface area contributed by atoms with Gasteiger partial charge in [0.15, 0.2) is 0 Å². The van der Waals surface area contributed by atoms with Gasteiger partial charge >= 0.3 is 0 Å². The van der Waals surface area contributed by atoms with Crippen LogP contribution in [-0.2, 0) is 17.9 Å². The summed E-state index contributed by atoms with van der Waals surface area (Å²) >= 11 is 0. The molecule has 30 heavy (non-hydrogen) atoms. The van der Waals surface area contributed by atoms with E-state index in [4.69, 9.17) is 4.52 Å². The van der Waals surface area contributed by atoms with Crippen molar-refractivity contribution in [1.82, 2.24) is 20.4 Å². The predicted molar refractivity (Wildman–Crippen MR) is 111 cm³/mol. The van der Waals surface area contributed by atoms with E-state index in [9.17, 15) is 9.18 Å². The fraction of sp³-hybridized carbons (Fsp3) is 0.348. The smallest absolute Gasteiger partial charge is 0.241 e. The number of halogens is 1. The van der Waals surface area contributed by atoms with Crippen LogP contribution >= 0.6 is 0 Å². The number of piperidine rings is 1. The number of hydrogen-bond acceptors (Lipinski definition) is 5. The molecule has 0 atom stereocenters. The highest BCUT2D eigenvalue weighted by atomic mass is 19.1. The molecule has 0 aliphatic carbocycles. The molecule has 2 aromatic carbocycles. The molecular weight excluding hydrogens is 383 g/mol. The number of benzene rings is 2. The van der Waals surface area contributed by atoms with Gasteiger partial charge in [-0.05, 0) is 56.6 Å². The number of likely N-dealkylation sites (tertiary alicyclic amines) is 1. The quantitative estimate of drug-likeness (QED) is 0.673. The van der Waals surface area contributed by atoms with E-state index in [1.807, 2.05) is 31.2 Å². The lowest BCUT2D eigenvalue weighted by Gasteiger charge is -2.30. The molecule has 1 saturated heterocycles. The van der Waals surface area contributed by atoms with Gasteiger partial charge in [-0.1, -0.05) is 41.1 Å². The third-order valence-corrected chi connectivity index (χ3v) is 5.44. The van der Waals surface area contributed by atoms with Gasteiger partial charge in [-0.3, -0.25) is 9.69 Å². The number of amides is 1. The molecule has 1 amide bonds. The molecule has 0 bridgehead atoms. The molecule has 0 radical (unpaired) electrons. The Morgan fingerprint density at radius 2 is 1.97 bits per heavy atom. The van der Waals surface area contributed by atoms with Crippen molar-refractivity contribution in [2.24, 2.45) is 5.92 Å². The Hall–Kier alpha value is -3.06. The summed E-state index contributed by atoms with van der Waals surface area (Å²) in [6, 6.07) is 14.2. The Morgan fingerprint density at radius 3 is 2.70 bits per heavy atom. The van der Waals surface area contributed by atoms with Crippen LogP contribution in [0, 0.1) is 18.7 Å². The van der Waals surface area contributed by atoms with Crippen molar-refractivity contribution in [3.8, 4) is 11.4 Å². The number of carbonyl (C=O) groups is 1. The standard InChI is InChI=1S/C23H25FN4O2/c1-16-3-2-4-19(13-16)22-26-21(30-27-22)15-28-11-9-18(10-12-28)23(29)25-14-17-5-7-20(24)8-6-17/h2-8,13,18H,9-12,14-15H2,1H3,(H,25,29). The van der Waals surface area contributed by atoms with Crippen molar-refractivity contribution in [2.75, 3.05) is 13.1 Å². The maximum Gasteiger partial charge on any atom is 0.241 e. The minimum absolute atomic E-state index is 0.00719. The SMILES string of the molecule is Cc1cccc(-c2noc(CN3CCC(C(=O)NCc4ccc(F)cc4)CC3)n2)c1. The van der Waals surface area contributed by atoms with Gasteiger partial charge in [-0.15, -0.1) is 0 Å². The fourth-order valence-electron chi connectivity index (χ4n) is 3.70. The summed E-state index contributed by atoms with van der Waals surface area (Å²) in [5.41, 5.74) is 2.99. The third kappa shape index (κ3) is 5.10. The molecule has 1 aromatic heterocycles. The first-order valence-corrected chi connectivity index (χ1v) is 10.2. The number of hydrogen-bond donors (Lipinski definition) is 1. The average molecular weight is 408 g/mol. The zero-order valence-corrected chi connectivity index (χ0v) is 17.0. The number of carbonyl (C=O) groups excluding carboxylic acids is 1. The van der Waals surface area contributed by atoms with Crippen LogP contribution in [-0.4, -0.2) is 34.0 Å². The lowest BCUT2D eigenvalue weighted by atomic mass is 9.96. The van der Waals surface area contributed by atoms with Crippen LogP contribution in [0.5, 0.6) is 0 Å². The van der Waals surface area contributed by atoms with E-state index in [1.54, 1.807) is 12.1 Å². The first-order chi connectivity index (χ1) is 14.6. The van der Waals surface area contributed by atoms with Crippen molar-refractivity contribution in [3.63, 3.8) is 0 Å². The van der Waals surface area contributed by atoms with Gasteiger partial charge in [0, 0.05) is 18.0 Å². The van der Waals surface area contributed by atoms with E-state index >= 15 is 0 Å². The maximum absolute atomic E-state index is 13.0. The highest BCUT2D eigenvalue weighted by molar-refractivity contribution is 5.78. The van der Waals surface area contributed by atoms with Crippen molar-refractivity contribution < 1.29 is 13.7 Å². The molecule has 156 valence electrons. The first kappa shape index (κ1) is 20.2. The van der Waals surface area contributed by atoms with Gasteiger partial charge in [0.25, 0.3) is 0 Å².